The highest BCUT2D eigenvalue weighted by Gasteiger charge is 2.23. The molecule has 0 bridgehead atoms. The van der Waals surface area contributed by atoms with E-state index in [4.69, 9.17) is 0 Å². The molecule has 64 valence electrons. The minimum atomic E-state index is -1.72. The lowest BCUT2D eigenvalue weighted by atomic mass is 10.4. The van der Waals surface area contributed by atoms with Gasteiger partial charge in [0.2, 0.25) is 0 Å². The molecule has 0 aromatic carbocycles. The Balaban J connectivity index is 3.17. The van der Waals surface area contributed by atoms with Crippen molar-refractivity contribution in [3.05, 3.63) is 28.4 Å². The molecule has 1 aromatic heterocycles. The Labute approximate surface area is 76.0 Å². The third-order valence-electron chi connectivity index (χ3n) is 1.11. The van der Waals surface area contributed by atoms with Gasteiger partial charge in [-0.3, -0.25) is 10.1 Å². The smallest absolute Gasteiger partial charge is 0.344 e. The molecular weight excluding hydrogens is 200 g/mol. The maximum Gasteiger partial charge on any atom is 0.344 e. The molecule has 0 radical (unpaired) electrons. The first-order valence-corrected chi connectivity index (χ1v) is 5.03. The van der Waals surface area contributed by atoms with Crippen LogP contribution in [0.3, 0.4) is 0 Å². The van der Waals surface area contributed by atoms with E-state index in [2.05, 4.69) is 16.6 Å². The maximum atomic E-state index is 10.8. The Hall–Kier alpha value is -0.790. The number of aromatic nitrogens is 1. The second kappa shape index (κ2) is 3.74. The van der Waals surface area contributed by atoms with Crippen molar-refractivity contribution in [3.8, 4) is 0 Å². The van der Waals surface area contributed by atoms with Gasteiger partial charge in [0.15, 0.2) is 0 Å². The zero-order chi connectivity index (χ0) is 9.14. The molecule has 0 aliphatic carbocycles. The van der Waals surface area contributed by atoms with Crippen LogP contribution >= 0.6 is 11.7 Å². The number of hydrogen-bond acceptors (Lipinski definition) is 5. The predicted molar refractivity (Wildman–Crippen MR) is 46.3 cm³/mol. The first kappa shape index (κ1) is 9.30. The number of hydrogen-bond donors (Lipinski definition) is 1. The fourth-order valence-electron chi connectivity index (χ4n) is 0.656. The Morgan fingerprint density at radius 1 is 1.67 bits per heavy atom. The molecular formula is C5H4N2O3S2. The van der Waals surface area contributed by atoms with Gasteiger partial charge in [-0.05, 0) is 6.07 Å². The van der Waals surface area contributed by atoms with Crippen LogP contribution in [0.1, 0.15) is 0 Å². The molecule has 0 N–H and O–H groups in total. The second-order valence-corrected chi connectivity index (χ2v) is 3.71. The van der Waals surface area contributed by atoms with Crippen LogP contribution in [-0.4, -0.2) is 14.5 Å². The molecule has 1 atom stereocenters. The van der Waals surface area contributed by atoms with Crippen molar-refractivity contribution in [2.24, 2.45) is 0 Å². The van der Waals surface area contributed by atoms with Crippen LogP contribution in [0.4, 0.5) is 5.69 Å². The van der Waals surface area contributed by atoms with Gasteiger partial charge in [0, 0.05) is 12.3 Å². The van der Waals surface area contributed by atoms with Crippen LogP contribution in [0.25, 0.3) is 0 Å². The minimum Gasteiger partial charge on any atom is -0.599 e. The summed E-state index contributed by atoms with van der Waals surface area (Å²) in [6.07, 6.45) is 1.33. The molecule has 0 saturated heterocycles. The van der Waals surface area contributed by atoms with Gasteiger partial charge in [-0.25, -0.2) is 4.98 Å². The summed E-state index contributed by atoms with van der Waals surface area (Å²) in [4.78, 5) is 13.3. The lowest BCUT2D eigenvalue weighted by Crippen LogP contribution is -2.00. The Morgan fingerprint density at radius 2 is 2.33 bits per heavy atom. The molecule has 12 heavy (non-hydrogen) atoms. The van der Waals surface area contributed by atoms with Crippen molar-refractivity contribution < 1.29 is 9.48 Å². The van der Waals surface area contributed by atoms with Gasteiger partial charge in [0.25, 0.3) is 0 Å². The third-order valence-corrected chi connectivity index (χ3v) is 2.28. The van der Waals surface area contributed by atoms with Crippen LogP contribution < -0.4 is 0 Å². The van der Waals surface area contributed by atoms with E-state index in [0.29, 0.717) is 0 Å². The van der Waals surface area contributed by atoms with Crippen LogP contribution in [0, 0.1) is 10.1 Å². The number of pyridine rings is 1. The molecule has 0 spiro atoms. The van der Waals surface area contributed by atoms with E-state index >= 15 is 0 Å². The number of rotatable bonds is 2. The fourth-order valence-corrected chi connectivity index (χ4v) is 1.55. The summed E-state index contributed by atoms with van der Waals surface area (Å²) in [6, 6.07) is 2.64. The summed E-state index contributed by atoms with van der Waals surface area (Å²) in [5.41, 5.74) is -0.272. The highest BCUT2D eigenvalue weighted by Crippen LogP contribution is 2.22. The van der Waals surface area contributed by atoms with Crippen molar-refractivity contribution in [1.29, 1.82) is 0 Å². The Bertz CT molecular complexity index is 304. The first-order valence-electron chi connectivity index (χ1n) is 2.83. The van der Waals surface area contributed by atoms with Crippen LogP contribution in [-0.2, 0) is 10.2 Å². The van der Waals surface area contributed by atoms with Crippen LogP contribution in [0.5, 0.6) is 0 Å². The van der Waals surface area contributed by atoms with Gasteiger partial charge in [-0.15, -0.1) is 0 Å². The fraction of sp³-hybridized carbons (Fsp3) is 0. The number of thiol groups is 1. The maximum absolute atomic E-state index is 10.8. The number of nitrogens with zero attached hydrogens (tertiary/aromatic N) is 2. The summed E-state index contributed by atoms with van der Waals surface area (Å²) < 4.78 is 10.8. The van der Waals surface area contributed by atoms with Crippen molar-refractivity contribution in [3.63, 3.8) is 0 Å². The monoisotopic (exact) mass is 204 g/mol. The summed E-state index contributed by atoms with van der Waals surface area (Å²) in [5.74, 6) is 0. The van der Waals surface area contributed by atoms with E-state index < -0.39 is 15.1 Å². The average Bonchev–Trinajstić information content (AvgIpc) is 2.04. The van der Waals surface area contributed by atoms with Crippen molar-refractivity contribution >= 4 is 27.6 Å². The highest BCUT2D eigenvalue weighted by molar-refractivity contribution is 8.63. The van der Waals surface area contributed by atoms with E-state index in [1.54, 1.807) is 0 Å². The molecule has 1 aromatic rings. The molecule has 1 heterocycles. The lowest BCUT2D eigenvalue weighted by Gasteiger charge is -1.99. The standard InChI is InChI=1S/C5H4N2O3S2/c8-7(9)4-2-1-3-6-5(4)12(10)11/h1-3H,(H,10,11). The van der Waals surface area contributed by atoms with Crippen molar-refractivity contribution in [2.45, 2.75) is 5.03 Å². The van der Waals surface area contributed by atoms with Gasteiger partial charge in [0.1, 0.15) is 0 Å². The topological polar surface area (TPSA) is 79.1 Å². The van der Waals surface area contributed by atoms with Crippen LogP contribution in [0.15, 0.2) is 23.4 Å². The Morgan fingerprint density at radius 3 is 2.75 bits per heavy atom. The van der Waals surface area contributed by atoms with E-state index in [1.807, 2.05) is 0 Å². The quantitative estimate of drug-likeness (QED) is 0.255. The lowest BCUT2D eigenvalue weighted by molar-refractivity contribution is -0.388. The summed E-state index contributed by atoms with van der Waals surface area (Å²) in [7, 11) is -1.72. The van der Waals surface area contributed by atoms with Gasteiger partial charge >= 0.3 is 10.7 Å². The number of nitro groups is 1. The van der Waals surface area contributed by atoms with Gasteiger partial charge in [0.05, 0.1) is 26.8 Å². The molecule has 1 rings (SSSR count). The molecule has 0 aliphatic heterocycles. The van der Waals surface area contributed by atoms with Gasteiger partial charge < -0.3 is 4.55 Å². The second-order valence-electron chi connectivity index (χ2n) is 1.83. The molecule has 7 heteroatoms. The zero-order valence-corrected chi connectivity index (χ0v) is 7.42. The normalized spacial score (nSPS) is 12.5. The van der Waals surface area contributed by atoms with E-state index in [-0.39, 0.29) is 10.7 Å². The van der Waals surface area contributed by atoms with Crippen molar-refractivity contribution in [2.75, 3.05) is 0 Å². The van der Waals surface area contributed by atoms with E-state index in [0.717, 1.165) is 0 Å². The average molecular weight is 204 g/mol. The molecule has 0 fully saturated rings. The molecule has 1 unspecified atom stereocenters. The predicted octanol–water partition coefficient (Wildman–Crippen LogP) is 0.942. The Kier molecular flexibility index (Phi) is 2.90. The molecule has 0 saturated carbocycles. The van der Waals surface area contributed by atoms with Crippen LogP contribution in [0.2, 0.25) is 0 Å². The van der Waals surface area contributed by atoms with E-state index in [9.17, 15) is 14.7 Å². The largest absolute Gasteiger partial charge is 0.599 e. The molecule has 5 nitrogen and oxygen atoms in total. The third kappa shape index (κ3) is 1.87. The minimum absolute atomic E-state index is 0.120. The van der Waals surface area contributed by atoms with Gasteiger partial charge in [-0.2, -0.15) is 0 Å². The van der Waals surface area contributed by atoms with Crippen molar-refractivity contribution in [1.82, 2.24) is 4.98 Å². The molecule has 0 amide bonds. The zero-order valence-electron chi connectivity index (χ0n) is 5.71. The summed E-state index contributed by atoms with van der Waals surface area (Å²) >= 11 is 3.56. The highest BCUT2D eigenvalue weighted by atomic mass is 33.1. The molecule has 0 aliphatic rings. The van der Waals surface area contributed by atoms with Gasteiger partial charge in [-0.1, -0.05) is 0 Å². The summed E-state index contributed by atoms with van der Waals surface area (Å²) in [6.45, 7) is 0. The first-order chi connectivity index (χ1) is 5.63. The van der Waals surface area contributed by atoms with E-state index in [1.165, 1.54) is 18.3 Å². The summed E-state index contributed by atoms with van der Waals surface area (Å²) in [5, 5.41) is 10.2. The SMILES string of the molecule is O=[N+]([O-])c1cccnc1[S+]([O-])S.